The third kappa shape index (κ3) is 3.91. The van der Waals surface area contributed by atoms with Crippen molar-refractivity contribution in [3.05, 3.63) is 34.4 Å². The molecule has 0 aromatic heterocycles. The lowest BCUT2D eigenvalue weighted by molar-refractivity contribution is -0.384. The zero-order valence-corrected chi connectivity index (χ0v) is 12.0. The predicted octanol–water partition coefficient (Wildman–Crippen LogP) is 2.20. The quantitative estimate of drug-likeness (QED) is 0.658. The number of urea groups is 1. The van der Waals surface area contributed by atoms with Gasteiger partial charge < -0.3 is 15.5 Å². The normalized spacial score (nSPS) is 18.0. The average Bonchev–Trinajstić information content (AvgIpc) is 2.49. The largest absolute Gasteiger partial charge is 0.322 e. The summed E-state index contributed by atoms with van der Waals surface area (Å²) in [5, 5.41) is 16.7. The van der Waals surface area contributed by atoms with Crippen LogP contribution in [0.4, 0.5) is 16.2 Å². The number of hydrogen-bond acceptors (Lipinski definition) is 4. The van der Waals surface area contributed by atoms with Gasteiger partial charge in [0.05, 0.1) is 4.92 Å². The van der Waals surface area contributed by atoms with E-state index in [0.717, 1.165) is 25.9 Å². The van der Waals surface area contributed by atoms with Crippen molar-refractivity contribution in [1.82, 2.24) is 10.2 Å². The first-order chi connectivity index (χ1) is 10.1. The van der Waals surface area contributed by atoms with Crippen molar-refractivity contribution >= 4 is 17.4 Å². The lowest BCUT2D eigenvalue weighted by Crippen LogP contribution is -2.50. The second kappa shape index (κ2) is 7.03. The van der Waals surface area contributed by atoms with Crippen molar-refractivity contribution in [3.63, 3.8) is 0 Å². The summed E-state index contributed by atoms with van der Waals surface area (Å²) in [7, 11) is 0. The number of nitro groups is 1. The minimum Gasteiger partial charge on any atom is -0.321 e. The SMILES string of the molecule is CCN(C(=O)Nc1ccc([N+](=O)[O-])cc1)C1CCCNC1. The fourth-order valence-corrected chi connectivity index (χ4v) is 2.53. The minimum absolute atomic E-state index is 0.0110. The van der Waals surface area contributed by atoms with Crippen molar-refractivity contribution in [2.75, 3.05) is 25.0 Å². The minimum atomic E-state index is -0.461. The summed E-state index contributed by atoms with van der Waals surface area (Å²) in [4.78, 5) is 24.3. The third-order valence-electron chi connectivity index (χ3n) is 3.64. The molecule has 2 rings (SSSR count). The topological polar surface area (TPSA) is 87.5 Å². The average molecular weight is 292 g/mol. The highest BCUT2D eigenvalue weighted by atomic mass is 16.6. The van der Waals surface area contributed by atoms with Crippen molar-refractivity contribution in [2.45, 2.75) is 25.8 Å². The second-order valence-corrected chi connectivity index (χ2v) is 5.02. The molecule has 1 aliphatic heterocycles. The zero-order chi connectivity index (χ0) is 15.2. The standard InChI is InChI=1S/C14H20N4O3/c1-2-17(13-4-3-9-15-10-13)14(19)16-11-5-7-12(8-6-11)18(20)21/h5-8,13,15H,2-4,9-10H2,1H3,(H,16,19). The Morgan fingerprint density at radius 3 is 2.71 bits per heavy atom. The Kier molecular flexibility index (Phi) is 5.10. The molecule has 21 heavy (non-hydrogen) atoms. The molecule has 1 atom stereocenters. The molecule has 7 nitrogen and oxygen atoms in total. The first-order valence-corrected chi connectivity index (χ1v) is 7.14. The van der Waals surface area contributed by atoms with Gasteiger partial charge in [0, 0.05) is 37.0 Å². The van der Waals surface area contributed by atoms with Crippen LogP contribution in [0.5, 0.6) is 0 Å². The number of hydrogen-bond donors (Lipinski definition) is 2. The van der Waals surface area contributed by atoms with Crippen LogP contribution in [0.15, 0.2) is 24.3 Å². The highest BCUT2D eigenvalue weighted by Crippen LogP contribution is 2.17. The van der Waals surface area contributed by atoms with Gasteiger partial charge in [-0.3, -0.25) is 10.1 Å². The number of piperidine rings is 1. The van der Waals surface area contributed by atoms with E-state index < -0.39 is 4.92 Å². The maximum atomic E-state index is 12.3. The van der Waals surface area contributed by atoms with Crippen LogP contribution < -0.4 is 10.6 Å². The molecule has 0 spiro atoms. The van der Waals surface area contributed by atoms with Crippen molar-refractivity contribution in [1.29, 1.82) is 0 Å². The van der Waals surface area contributed by atoms with Crippen LogP contribution in [-0.2, 0) is 0 Å². The van der Waals surface area contributed by atoms with Gasteiger partial charge in [-0.05, 0) is 38.4 Å². The maximum absolute atomic E-state index is 12.3. The number of carbonyl (C=O) groups is 1. The van der Waals surface area contributed by atoms with Gasteiger partial charge in [-0.1, -0.05) is 0 Å². The number of rotatable bonds is 4. The summed E-state index contributed by atoms with van der Waals surface area (Å²) in [6, 6.07) is 5.88. The lowest BCUT2D eigenvalue weighted by Gasteiger charge is -2.33. The molecule has 1 aliphatic rings. The van der Waals surface area contributed by atoms with Crippen LogP contribution in [0.25, 0.3) is 0 Å². The van der Waals surface area contributed by atoms with Crippen LogP contribution in [0, 0.1) is 10.1 Å². The molecule has 1 unspecified atom stereocenters. The van der Waals surface area contributed by atoms with Crippen LogP contribution in [-0.4, -0.2) is 41.5 Å². The van der Waals surface area contributed by atoms with Crippen LogP contribution in [0.3, 0.4) is 0 Å². The van der Waals surface area contributed by atoms with Crippen molar-refractivity contribution in [2.24, 2.45) is 0 Å². The van der Waals surface area contributed by atoms with E-state index in [2.05, 4.69) is 10.6 Å². The summed E-state index contributed by atoms with van der Waals surface area (Å²) >= 11 is 0. The summed E-state index contributed by atoms with van der Waals surface area (Å²) in [5.74, 6) is 0. The number of nitrogens with one attached hydrogen (secondary N) is 2. The number of anilines is 1. The van der Waals surface area contributed by atoms with Crippen molar-refractivity contribution in [3.8, 4) is 0 Å². The summed E-state index contributed by atoms with van der Waals surface area (Å²) < 4.78 is 0. The highest BCUT2D eigenvalue weighted by molar-refractivity contribution is 5.89. The molecular formula is C14H20N4O3. The van der Waals surface area contributed by atoms with Gasteiger partial charge in [0.2, 0.25) is 0 Å². The summed E-state index contributed by atoms with van der Waals surface area (Å²) in [6.07, 6.45) is 2.06. The molecule has 1 aromatic carbocycles. The molecule has 0 bridgehead atoms. The number of carbonyl (C=O) groups excluding carboxylic acids is 1. The number of amides is 2. The zero-order valence-electron chi connectivity index (χ0n) is 12.0. The van der Waals surface area contributed by atoms with Gasteiger partial charge in [-0.2, -0.15) is 0 Å². The smallest absolute Gasteiger partial charge is 0.321 e. The maximum Gasteiger partial charge on any atom is 0.322 e. The Hall–Kier alpha value is -2.15. The summed E-state index contributed by atoms with van der Waals surface area (Å²) in [5.41, 5.74) is 0.574. The van der Waals surface area contributed by atoms with Gasteiger partial charge in [0.25, 0.3) is 5.69 Å². The molecule has 114 valence electrons. The molecular weight excluding hydrogens is 272 g/mol. The first-order valence-electron chi connectivity index (χ1n) is 7.14. The van der Waals surface area contributed by atoms with Gasteiger partial charge in [-0.25, -0.2) is 4.79 Å². The molecule has 2 N–H and O–H groups in total. The van der Waals surface area contributed by atoms with Crippen molar-refractivity contribution < 1.29 is 9.72 Å². The lowest BCUT2D eigenvalue weighted by atomic mass is 10.1. The third-order valence-corrected chi connectivity index (χ3v) is 3.64. The Balaban J connectivity index is 1.99. The van der Waals surface area contributed by atoms with Crippen LogP contribution in [0.1, 0.15) is 19.8 Å². The number of non-ortho nitro benzene ring substituents is 1. The number of benzene rings is 1. The van der Waals surface area contributed by atoms with E-state index in [0.29, 0.717) is 12.2 Å². The van der Waals surface area contributed by atoms with Gasteiger partial charge in [0.15, 0.2) is 0 Å². The molecule has 0 radical (unpaired) electrons. The predicted molar refractivity (Wildman–Crippen MR) is 80.4 cm³/mol. The Labute approximate surface area is 123 Å². The number of nitro benzene ring substituents is 1. The fraction of sp³-hybridized carbons (Fsp3) is 0.500. The monoisotopic (exact) mass is 292 g/mol. The summed E-state index contributed by atoms with van der Waals surface area (Å²) in [6.45, 7) is 4.38. The fourth-order valence-electron chi connectivity index (χ4n) is 2.53. The Morgan fingerprint density at radius 2 is 2.19 bits per heavy atom. The molecule has 1 aromatic rings. The Morgan fingerprint density at radius 1 is 1.48 bits per heavy atom. The van der Waals surface area contributed by atoms with Crippen LogP contribution >= 0.6 is 0 Å². The second-order valence-electron chi connectivity index (χ2n) is 5.02. The van der Waals surface area contributed by atoms with E-state index in [1.165, 1.54) is 12.1 Å². The number of nitrogens with zero attached hydrogens (tertiary/aromatic N) is 2. The number of likely N-dealkylation sites (N-methyl/N-ethyl adjacent to an activating group) is 1. The molecule has 1 saturated heterocycles. The molecule has 1 fully saturated rings. The molecule has 0 saturated carbocycles. The van der Waals surface area contributed by atoms with E-state index in [9.17, 15) is 14.9 Å². The first kappa shape index (κ1) is 15.2. The van der Waals surface area contributed by atoms with Gasteiger partial charge in [-0.15, -0.1) is 0 Å². The van der Waals surface area contributed by atoms with E-state index in [4.69, 9.17) is 0 Å². The van der Waals surface area contributed by atoms with E-state index in [1.807, 2.05) is 6.92 Å². The van der Waals surface area contributed by atoms with Crippen LogP contribution in [0.2, 0.25) is 0 Å². The molecule has 7 heteroatoms. The van der Waals surface area contributed by atoms with Gasteiger partial charge in [0.1, 0.15) is 0 Å². The highest BCUT2D eigenvalue weighted by Gasteiger charge is 2.24. The van der Waals surface area contributed by atoms with E-state index in [-0.39, 0.29) is 17.8 Å². The molecule has 1 heterocycles. The Bertz CT molecular complexity index is 497. The van der Waals surface area contributed by atoms with E-state index >= 15 is 0 Å². The van der Waals surface area contributed by atoms with Gasteiger partial charge >= 0.3 is 6.03 Å². The molecule has 0 aliphatic carbocycles. The molecule has 2 amide bonds. The van der Waals surface area contributed by atoms with E-state index in [1.54, 1.807) is 17.0 Å².